The van der Waals surface area contributed by atoms with Crippen LogP contribution in [0.2, 0.25) is 5.02 Å². The van der Waals surface area contributed by atoms with Crippen LogP contribution in [-0.2, 0) is 13.0 Å². The van der Waals surface area contributed by atoms with E-state index in [1.807, 2.05) is 25.1 Å². The zero-order chi connectivity index (χ0) is 13.0. The highest BCUT2D eigenvalue weighted by atomic mass is 35.5. The zero-order valence-corrected chi connectivity index (χ0v) is 11.5. The fourth-order valence-electron chi connectivity index (χ4n) is 1.93. The van der Waals surface area contributed by atoms with Crippen molar-refractivity contribution in [1.29, 1.82) is 0 Å². The molecule has 1 heterocycles. The summed E-state index contributed by atoms with van der Waals surface area (Å²) >= 11 is 5.97. The molecule has 18 heavy (non-hydrogen) atoms. The molecule has 1 aromatic carbocycles. The topological polar surface area (TPSA) is 40.7 Å². The molecule has 2 N–H and O–H groups in total. The summed E-state index contributed by atoms with van der Waals surface area (Å²) < 4.78 is 0. The molecule has 3 nitrogen and oxygen atoms in total. The highest BCUT2D eigenvalue weighted by Crippen LogP contribution is 2.12. The summed E-state index contributed by atoms with van der Waals surface area (Å²) in [5.41, 5.74) is 3.45. The van der Waals surface area contributed by atoms with E-state index in [0.29, 0.717) is 6.04 Å². The number of H-pyrrole nitrogens is 1. The second-order valence-corrected chi connectivity index (χ2v) is 5.03. The number of hydrogen-bond acceptors (Lipinski definition) is 2. The molecule has 0 aliphatic carbocycles. The van der Waals surface area contributed by atoms with Gasteiger partial charge in [0.25, 0.3) is 0 Å². The monoisotopic (exact) mass is 263 g/mol. The van der Waals surface area contributed by atoms with Crippen molar-refractivity contribution in [3.8, 4) is 0 Å². The third-order valence-electron chi connectivity index (χ3n) is 2.98. The Balaban J connectivity index is 1.86. The molecule has 1 unspecified atom stereocenters. The number of nitrogens with one attached hydrogen (secondary N) is 2. The van der Waals surface area contributed by atoms with Crippen molar-refractivity contribution in [3.05, 3.63) is 52.6 Å². The maximum atomic E-state index is 5.97. The quantitative estimate of drug-likeness (QED) is 0.870. The SMILES string of the molecule is Cc1[nH]cnc1CNC(C)Cc1cccc(Cl)c1. The molecule has 0 fully saturated rings. The lowest BCUT2D eigenvalue weighted by Crippen LogP contribution is -2.28. The van der Waals surface area contributed by atoms with E-state index in [-0.39, 0.29) is 0 Å². The molecule has 0 amide bonds. The van der Waals surface area contributed by atoms with Gasteiger partial charge >= 0.3 is 0 Å². The van der Waals surface area contributed by atoms with Crippen LogP contribution in [-0.4, -0.2) is 16.0 Å². The summed E-state index contributed by atoms with van der Waals surface area (Å²) in [6.07, 6.45) is 2.69. The fourth-order valence-corrected chi connectivity index (χ4v) is 2.14. The number of nitrogens with zero attached hydrogens (tertiary/aromatic N) is 1. The predicted molar refractivity (Wildman–Crippen MR) is 74.8 cm³/mol. The average Bonchev–Trinajstić information content (AvgIpc) is 2.72. The standard InChI is InChI=1S/C14H18ClN3/c1-10(6-12-4-3-5-13(15)7-12)16-8-14-11(2)17-9-18-14/h3-5,7,9-10,16H,6,8H2,1-2H3,(H,17,18). The van der Waals surface area contributed by atoms with Crippen LogP contribution in [0.3, 0.4) is 0 Å². The first kappa shape index (κ1) is 13.1. The van der Waals surface area contributed by atoms with Gasteiger partial charge in [0.1, 0.15) is 0 Å². The van der Waals surface area contributed by atoms with Crippen molar-refractivity contribution in [2.45, 2.75) is 32.9 Å². The van der Waals surface area contributed by atoms with E-state index in [0.717, 1.165) is 29.4 Å². The maximum absolute atomic E-state index is 5.97. The lowest BCUT2D eigenvalue weighted by molar-refractivity contribution is 0.540. The lowest BCUT2D eigenvalue weighted by Gasteiger charge is -2.13. The second-order valence-electron chi connectivity index (χ2n) is 4.59. The van der Waals surface area contributed by atoms with E-state index < -0.39 is 0 Å². The molecule has 96 valence electrons. The number of aromatic nitrogens is 2. The third kappa shape index (κ3) is 3.59. The Hall–Kier alpha value is -1.32. The number of halogens is 1. The normalized spacial score (nSPS) is 12.6. The van der Waals surface area contributed by atoms with Crippen molar-refractivity contribution in [1.82, 2.24) is 15.3 Å². The van der Waals surface area contributed by atoms with E-state index in [1.54, 1.807) is 6.33 Å². The minimum atomic E-state index is 0.388. The van der Waals surface area contributed by atoms with E-state index in [2.05, 4.69) is 28.3 Å². The number of rotatable bonds is 5. The van der Waals surface area contributed by atoms with Gasteiger partial charge in [-0.3, -0.25) is 0 Å². The van der Waals surface area contributed by atoms with Crippen molar-refractivity contribution in [2.24, 2.45) is 0 Å². The summed E-state index contributed by atoms with van der Waals surface area (Å²) in [7, 11) is 0. The molecule has 2 rings (SSSR count). The van der Waals surface area contributed by atoms with Gasteiger partial charge < -0.3 is 10.3 Å². The molecular formula is C14H18ClN3. The number of imidazole rings is 1. The van der Waals surface area contributed by atoms with Gasteiger partial charge in [0.2, 0.25) is 0 Å². The largest absolute Gasteiger partial charge is 0.348 e. The van der Waals surface area contributed by atoms with Gasteiger partial charge in [0, 0.05) is 23.3 Å². The van der Waals surface area contributed by atoms with Gasteiger partial charge in [-0.15, -0.1) is 0 Å². The molecular weight excluding hydrogens is 246 g/mol. The van der Waals surface area contributed by atoms with Crippen LogP contribution >= 0.6 is 11.6 Å². The molecule has 0 radical (unpaired) electrons. The number of hydrogen-bond donors (Lipinski definition) is 2. The van der Waals surface area contributed by atoms with E-state index in [9.17, 15) is 0 Å². The van der Waals surface area contributed by atoms with Gasteiger partial charge in [-0.25, -0.2) is 4.98 Å². The Labute approximate surface area is 113 Å². The maximum Gasteiger partial charge on any atom is 0.0925 e. The fraction of sp³-hybridized carbons (Fsp3) is 0.357. The van der Waals surface area contributed by atoms with Crippen LogP contribution in [0.15, 0.2) is 30.6 Å². The second kappa shape index (κ2) is 6.03. The first-order valence-corrected chi connectivity index (χ1v) is 6.49. The zero-order valence-electron chi connectivity index (χ0n) is 10.7. The van der Waals surface area contributed by atoms with Gasteiger partial charge in [-0.2, -0.15) is 0 Å². The Morgan fingerprint density at radius 1 is 1.44 bits per heavy atom. The van der Waals surface area contributed by atoms with Crippen LogP contribution in [0.5, 0.6) is 0 Å². The van der Waals surface area contributed by atoms with Crippen LogP contribution < -0.4 is 5.32 Å². The summed E-state index contributed by atoms with van der Waals surface area (Å²) in [5, 5.41) is 4.26. The van der Waals surface area contributed by atoms with Crippen molar-refractivity contribution in [3.63, 3.8) is 0 Å². The number of aryl methyl sites for hydroxylation is 1. The summed E-state index contributed by atoms with van der Waals surface area (Å²) in [5.74, 6) is 0. The smallest absolute Gasteiger partial charge is 0.0925 e. The third-order valence-corrected chi connectivity index (χ3v) is 3.22. The highest BCUT2D eigenvalue weighted by Gasteiger charge is 2.06. The van der Waals surface area contributed by atoms with E-state index in [1.165, 1.54) is 5.56 Å². The van der Waals surface area contributed by atoms with Crippen molar-refractivity contribution < 1.29 is 0 Å². The van der Waals surface area contributed by atoms with Crippen molar-refractivity contribution >= 4 is 11.6 Å². The molecule has 0 spiro atoms. The number of aromatic amines is 1. The van der Waals surface area contributed by atoms with Gasteiger partial charge in [-0.05, 0) is 38.0 Å². The lowest BCUT2D eigenvalue weighted by atomic mass is 10.1. The molecule has 2 aromatic rings. The Kier molecular flexibility index (Phi) is 4.39. The van der Waals surface area contributed by atoms with Gasteiger partial charge in [0.15, 0.2) is 0 Å². The first-order chi connectivity index (χ1) is 8.65. The minimum Gasteiger partial charge on any atom is -0.348 e. The molecule has 0 saturated carbocycles. The molecule has 1 atom stereocenters. The first-order valence-electron chi connectivity index (χ1n) is 6.12. The van der Waals surface area contributed by atoms with Crippen molar-refractivity contribution in [2.75, 3.05) is 0 Å². The average molecular weight is 264 g/mol. The van der Waals surface area contributed by atoms with Crippen LogP contribution in [0.4, 0.5) is 0 Å². The summed E-state index contributed by atoms with van der Waals surface area (Å²) in [4.78, 5) is 7.35. The van der Waals surface area contributed by atoms with Gasteiger partial charge in [-0.1, -0.05) is 23.7 Å². The molecule has 4 heteroatoms. The van der Waals surface area contributed by atoms with E-state index >= 15 is 0 Å². The highest BCUT2D eigenvalue weighted by molar-refractivity contribution is 6.30. The molecule has 0 aliphatic heterocycles. The van der Waals surface area contributed by atoms with Gasteiger partial charge in [0.05, 0.1) is 12.0 Å². The molecule has 0 saturated heterocycles. The number of benzene rings is 1. The van der Waals surface area contributed by atoms with Crippen LogP contribution in [0.25, 0.3) is 0 Å². The molecule has 0 aliphatic rings. The van der Waals surface area contributed by atoms with Crippen LogP contribution in [0, 0.1) is 6.92 Å². The van der Waals surface area contributed by atoms with Crippen LogP contribution in [0.1, 0.15) is 23.9 Å². The Morgan fingerprint density at radius 3 is 2.94 bits per heavy atom. The molecule has 1 aromatic heterocycles. The Bertz CT molecular complexity index is 507. The Morgan fingerprint density at radius 2 is 2.28 bits per heavy atom. The predicted octanol–water partition coefficient (Wildman–Crippen LogP) is 3.09. The van der Waals surface area contributed by atoms with E-state index in [4.69, 9.17) is 11.6 Å². The molecule has 0 bridgehead atoms. The summed E-state index contributed by atoms with van der Waals surface area (Å²) in [6, 6.07) is 8.39. The minimum absolute atomic E-state index is 0.388. The summed E-state index contributed by atoms with van der Waals surface area (Å²) in [6.45, 7) is 4.99.